The van der Waals surface area contributed by atoms with Crippen molar-refractivity contribution in [3.05, 3.63) is 25.4 Å². The van der Waals surface area contributed by atoms with Crippen LogP contribution in [0.2, 0.25) is 0 Å². The zero-order chi connectivity index (χ0) is 6.57. The summed E-state index contributed by atoms with van der Waals surface area (Å²) >= 11 is 0. The van der Waals surface area contributed by atoms with E-state index in [1.807, 2.05) is 0 Å². The molecule has 0 fully saturated rings. The summed E-state index contributed by atoms with van der Waals surface area (Å²) in [5, 5.41) is 8.36. The molecule has 1 N–H and O–H groups in total. The summed E-state index contributed by atoms with van der Waals surface area (Å²) in [4.78, 5) is 0. The summed E-state index contributed by atoms with van der Waals surface area (Å²) in [6.07, 6.45) is 1.80. The molecule has 3 heteroatoms. The minimum absolute atomic E-state index is 0.243. The van der Waals surface area contributed by atoms with Gasteiger partial charge in [-0.15, -0.1) is 4.39 Å². The smallest absolute Gasteiger partial charge is 0.282 e. The highest BCUT2D eigenvalue weighted by atomic mass is 19.1. The van der Waals surface area contributed by atoms with E-state index in [0.29, 0.717) is 0 Å². The van der Waals surface area contributed by atoms with Gasteiger partial charge in [0.2, 0.25) is 6.20 Å². The van der Waals surface area contributed by atoms with Gasteiger partial charge in [-0.25, -0.2) is 0 Å². The van der Waals surface area contributed by atoms with Crippen LogP contribution < -0.4 is 0 Å². The van der Waals surface area contributed by atoms with Crippen LogP contribution in [0.1, 0.15) is 0 Å². The maximum Gasteiger partial charge on any atom is 0.407 e. The Morgan fingerprint density at radius 1 is 1.62 bits per heavy atom. The quantitative estimate of drug-likeness (QED) is 0.248. The van der Waals surface area contributed by atoms with Crippen molar-refractivity contribution in [3.63, 3.8) is 0 Å². The molecule has 0 heterocycles. The zero-order valence-corrected chi connectivity index (χ0v) is 4.34. The van der Waals surface area contributed by atoms with Crippen LogP contribution in [0.5, 0.6) is 0 Å². The first-order valence-electron chi connectivity index (χ1n) is 1.98. The van der Waals surface area contributed by atoms with Crippen LogP contribution in [-0.2, 0) is 0 Å². The largest absolute Gasteiger partial charge is 0.407 e. The molecule has 0 spiro atoms. The second-order valence-electron chi connectivity index (χ2n) is 1.05. The molecule has 0 aromatic carbocycles. The Labute approximate surface area is 46.8 Å². The van der Waals surface area contributed by atoms with Crippen molar-refractivity contribution in [2.75, 3.05) is 0 Å². The molecule has 0 aliphatic carbocycles. The highest BCUT2D eigenvalue weighted by Crippen LogP contribution is 1.79. The number of halogens is 1. The number of hydroxylamine groups is 1. The molecular weight excluding hydrogens is 109 g/mol. The topological polar surface area (TPSA) is 23.2 Å². The van der Waals surface area contributed by atoms with Gasteiger partial charge in [0.15, 0.2) is 0 Å². The molecule has 0 saturated carbocycles. The van der Waals surface area contributed by atoms with E-state index in [1.165, 1.54) is 0 Å². The molecule has 0 aromatic rings. The highest BCUT2D eigenvalue weighted by molar-refractivity contribution is 5.81. The predicted molar refractivity (Wildman–Crippen MR) is 28.6 cm³/mol. The lowest BCUT2D eigenvalue weighted by molar-refractivity contribution is -0.727. The van der Waals surface area contributed by atoms with Crippen molar-refractivity contribution in [1.29, 1.82) is 0 Å². The van der Waals surface area contributed by atoms with Crippen molar-refractivity contribution in [2.45, 2.75) is 0 Å². The van der Waals surface area contributed by atoms with E-state index < -0.39 is 5.97 Å². The van der Waals surface area contributed by atoms with Crippen molar-refractivity contribution in [2.24, 2.45) is 0 Å². The number of hydrogen-bond acceptors (Lipinski definition) is 1. The molecule has 0 aliphatic heterocycles. The molecule has 0 bridgehead atoms. The number of rotatable bonds is 2. The fraction of sp³-hybridized carbons (Fsp3) is 0. The molecule has 0 aromatic heterocycles. The van der Waals surface area contributed by atoms with Gasteiger partial charge in [-0.1, -0.05) is 6.58 Å². The summed E-state index contributed by atoms with van der Waals surface area (Å²) in [7, 11) is 0. The average Bonchev–Trinajstić information content (AvgIpc) is 1.84. The van der Waals surface area contributed by atoms with E-state index >= 15 is 0 Å². The average molecular weight is 116 g/mol. The van der Waals surface area contributed by atoms with Crippen LogP contribution in [0.4, 0.5) is 4.39 Å². The number of hydrogen-bond donors (Lipinski definition) is 1. The van der Waals surface area contributed by atoms with Crippen molar-refractivity contribution < 1.29 is 14.3 Å². The molecule has 44 valence electrons. The molecular formula is C5H7FNO+. The van der Waals surface area contributed by atoms with E-state index in [9.17, 15) is 4.39 Å². The van der Waals surface area contributed by atoms with Crippen LogP contribution in [-0.4, -0.2) is 15.9 Å². The molecule has 2 nitrogen and oxygen atoms in total. The van der Waals surface area contributed by atoms with Crippen molar-refractivity contribution in [3.8, 4) is 0 Å². The van der Waals surface area contributed by atoms with Gasteiger partial charge in [0.05, 0.1) is 0 Å². The van der Waals surface area contributed by atoms with Crippen LogP contribution >= 0.6 is 0 Å². The van der Waals surface area contributed by atoms with Gasteiger partial charge in [0.1, 0.15) is 0 Å². The van der Waals surface area contributed by atoms with Gasteiger partial charge in [-0.2, -0.15) is 0 Å². The molecule has 0 radical (unpaired) electrons. The Hall–Kier alpha value is -1.12. The lowest BCUT2D eigenvalue weighted by Gasteiger charge is -1.77. The SMILES string of the molecule is C=C/C(F)=[N+](/O)C=C. The van der Waals surface area contributed by atoms with Crippen LogP contribution in [0.25, 0.3) is 0 Å². The third kappa shape index (κ3) is 1.55. The fourth-order valence-electron chi connectivity index (χ4n) is 0.181. The summed E-state index contributed by atoms with van der Waals surface area (Å²) in [5.74, 6) is -0.833. The Bertz CT molecular complexity index is 123. The number of allylic oxidation sites excluding steroid dienone is 1. The van der Waals surface area contributed by atoms with Gasteiger partial charge >= 0.3 is 5.97 Å². The standard InChI is InChI=1S/C5H7FNO/c1-3-5(6)7(8)4-2/h3-4,8H,1-2H2/q+1/b7-5-. The van der Waals surface area contributed by atoms with E-state index in [4.69, 9.17) is 5.21 Å². The maximum absolute atomic E-state index is 11.9. The van der Waals surface area contributed by atoms with Gasteiger partial charge in [0, 0.05) is 10.8 Å². The first-order chi connectivity index (χ1) is 3.72. The summed E-state index contributed by atoms with van der Waals surface area (Å²) < 4.78 is 12.2. The van der Waals surface area contributed by atoms with Crippen molar-refractivity contribution >= 4 is 5.97 Å². The Balaban J connectivity index is 4.25. The first-order valence-corrected chi connectivity index (χ1v) is 1.98. The monoisotopic (exact) mass is 116 g/mol. The van der Waals surface area contributed by atoms with E-state index in [1.54, 1.807) is 0 Å². The van der Waals surface area contributed by atoms with Gasteiger partial charge in [-0.05, 0) is 6.58 Å². The third-order valence-corrected chi connectivity index (χ3v) is 0.560. The molecule has 0 amide bonds. The van der Waals surface area contributed by atoms with Crippen LogP contribution in [0.15, 0.2) is 25.4 Å². The van der Waals surface area contributed by atoms with Gasteiger partial charge < -0.3 is 0 Å². The van der Waals surface area contributed by atoms with Gasteiger partial charge in [0.25, 0.3) is 0 Å². The third-order valence-electron chi connectivity index (χ3n) is 0.560. The predicted octanol–water partition coefficient (Wildman–Crippen LogP) is 1.09. The van der Waals surface area contributed by atoms with E-state index in [0.717, 1.165) is 12.3 Å². The molecule has 0 unspecified atom stereocenters. The zero-order valence-electron chi connectivity index (χ0n) is 4.34. The second kappa shape index (κ2) is 2.96. The molecule has 0 atom stereocenters. The highest BCUT2D eigenvalue weighted by Gasteiger charge is 2.01. The molecule has 0 saturated heterocycles. The molecule has 8 heavy (non-hydrogen) atoms. The van der Waals surface area contributed by atoms with E-state index in [2.05, 4.69) is 13.2 Å². The first kappa shape index (κ1) is 6.88. The van der Waals surface area contributed by atoms with E-state index in [-0.39, 0.29) is 4.74 Å². The Morgan fingerprint density at radius 3 is 2.25 bits per heavy atom. The molecule has 0 rings (SSSR count). The van der Waals surface area contributed by atoms with Crippen LogP contribution in [0.3, 0.4) is 0 Å². The molecule has 0 aliphatic rings. The minimum atomic E-state index is -0.833. The Kier molecular flexibility index (Phi) is 2.54. The fourth-order valence-corrected chi connectivity index (χ4v) is 0.181. The maximum atomic E-state index is 11.9. The van der Waals surface area contributed by atoms with Crippen molar-refractivity contribution in [1.82, 2.24) is 0 Å². The normalized spacial score (nSPS) is 12.1. The number of nitrogens with zero attached hydrogens (tertiary/aromatic N) is 1. The summed E-state index contributed by atoms with van der Waals surface area (Å²) in [5.41, 5.74) is 0. The van der Waals surface area contributed by atoms with Crippen LogP contribution in [0, 0.1) is 0 Å². The summed E-state index contributed by atoms with van der Waals surface area (Å²) in [6, 6.07) is 0. The summed E-state index contributed by atoms with van der Waals surface area (Å²) in [6.45, 7) is 6.17. The minimum Gasteiger partial charge on any atom is -0.282 e. The lowest BCUT2D eigenvalue weighted by atomic mass is 10.7. The lowest BCUT2D eigenvalue weighted by Crippen LogP contribution is -2.03. The van der Waals surface area contributed by atoms with Gasteiger partial charge in [-0.3, -0.25) is 5.21 Å². The Morgan fingerprint density at radius 2 is 2.12 bits per heavy atom. The second-order valence-corrected chi connectivity index (χ2v) is 1.05.